The summed E-state index contributed by atoms with van der Waals surface area (Å²) in [5, 5.41) is 11.3. The van der Waals surface area contributed by atoms with Crippen LogP contribution in [0.5, 0.6) is 0 Å². The summed E-state index contributed by atoms with van der Waals surface area (Å²) in [7, 11) is 0. The molecule has 0 aliphatic carbocycles. The minimum atomic E-state index is -0.333. The Hall–Kier alpha value is -3.59. The maximum Gasteiger partial charge on any atom is 0.226 e. The fourth-order valence-electron chi connectivity index (χ4n) is 2.86. The summed E-state index contributed by atoms with van der Waals surface area (Å²) in [5.74, 6) is 0.274. The Kier molecular flexibility index (Phi) is 5.80. The van der Waals surface area contributed by atoms with Gasteiger partial charge in [-0.05, 0) is 42.8 Å². The third kappa shape index (κ3) is 4.52. The van der Waals surface area contributed by atoms with Crippen molar-refractivity contribution < 1.29 is 13.7 Å². The summed E-state index contributed by atoms with van der Waals surface area (Å²) in [5.41, 5.74) is 1.74. The van der Waals surface area contributed by atoms with Crippen LogP contribution in [0.15, 0.2) is 59.6 Å². The van der Waals surface area contributed by atoms with Crippen LogP contribution >= 0.6 is 11.6 Å². The quantitative estimate of drug-likeness (QED) is 0.478. The number of halogens is 2. The second kappa shape index (κ2) is 8.83. The van der Waals surface area contributed by atoms with Crippen LogP contribution in [0.3, 0.4) is 0 Å². The Morgan fingerprint density at radius 1 is 1.20 bits per heavy atom. The summed E-state index contributed by atoms with van der Waals surface area (Å²) in [6, 6.07) is 11.0. The highest BCUT2D eigenvalue weighted by Crippen LogP contribution is 2.28. The number of carbonyl (C=O) groups excluding carboxylic acids is 1. The van der Waals surface area contributed by atoms with E-state index in [2.05, 4.69) is 25.5 Å². The van der Waals surface area contributed by atoms with Gasteiger partial charge in [0.25, 0.3) is 0 Å². The number of rotatable bonds is 7. The third-order valence-corrected chi connectivity index (χ3v) is 4.58. The fourth-order valence-corrected chi connectivity index (χ4v) is 3.12. The van der Waals surface area contributed by atoms with Crippen molar-refractivity contribution in [2.45, 2.75) is 19.3 Å². The Labute approximate surface area is 175 Å². The lowest BCUT2D eigenvalue weighted by Crippen LogP contribution is -2.14. The third-order valence-electron chi connectivity index (χ3n) is 4.27. The van der Waals surface area contributed by atoms with Crippen LogP contribution < -0.4 is 5.32 Å². The first-order chi connectivity index (χ1) is 14.6. The zero-order valence-electron chi connectivity index (χ0n) is 15.6. The van der Waals surface area contributed by atoms with E-state index in [1.165, 1.54) is 29.5 Å². The molecule has 1 N–H and O–H groups in total. The zero-order chi connectivity index (χ0) is 20.9. The van der Waals surface area contributed by atoms with Crippen LogP contribution in [0, 0.1) is 5.82 Å². The van der Waals surface area contributed by atoms with E-state index in [0.29, 0.717) is 46.5 Å². The number of carbonyl (C=O) groups is 1. The molecule has 30 heavy (non-hydrogen) atoms. The van der Waals surface area contributed by atoms with E-state index in [1.807, 2.05) is 0 Å². The molecule has 0 fully saturated rings. The van der Waals surface area contributed by atoms with Gasteiger partial charge in [-0.1, -0.05) is 22.8 Å². The highest BCUT2D eigenvalue weighted by atomic mass is 35.5. The molecule has 2 heterocycles. The summed E-state index contributed by atoms with van der Waals surface area (Å²) < 4.78 is 19.7. The smallest absolute Gasteiger partial charge is 0.226 e. The van der Waals surface area contributed by atoms with Crippen LogP contribution in [-0.2, 0) is 11.2 Å². The Balaban J connectivity index is 1.34. The van der Waals surface area contributed by atoms with Crippen molar-refractivity contribution >= 4 is 23.2 Å². The fraction of sp³-hybridized carbons (Fsp3) is 0.150. The second-order valence-corrected chi connectivity index (χ2v) is 6.80. The molecule has 152 valence electrons. The van der Waals surface area contributed by atoms with Gasteiger partial charge in [-0.3, -0.25) is 4.79 Å². The van der Waals surface area contributed by atoms with Crippen molar-refractivity contribution in [3.63, 3.8) is 0 Å². The highest BCUT2D eigenvalue weighted by Gasteiger charge is 2.14. The van der Waals surface area contributed by atoms with E-state index < -0.39 is 0 Å². The molecule has 4 aromatic rings. The molecule has 0 aliphatic rings. The van der Waals surface area contributed by atoms with Crippen LogP contribution in [-0.4, -0.2) is 30.8 Å². The SMILES string of the molecule is O=C(CCCc1nc(-c2ccc(F)cc2)no1)Nc1cccc(Cl)c1-n1cncn1. The average molecular weight is 427 g/mol. The number of nitrogens with one attached hydrogen (secondary N) is 1. The van der Waals surface area contributed by atoms with Gasteiger partial charge in [0.2, 0.25) is 17.6 Å². The second-order valence-electron chi connectivity index (χ2n) is 6.40. The zero-order valence-corrected chi connectivity index (χ0v) is 16.4. The van der Waals surface area contributed by atoms with E-state index in [-0.39, 0.29) is 18.1 Å². The van der Waals surface area contributed by atoms with E-state index in [1.54, 1.807) is 30.3 Å². The number of aryl methyl sites for hydroxylation is 1. The molecule has 0 atom stereocenters. The molecule has 0 saturated heterocycles. The minimum Gasteiger partial charge on any atom is -0.339 e. The van der Waals surface area contributed by atoms with Crippen molar-refractivity contribution in [2.75, 3.05) is 5.32 Å². The van der Waals surface area contributed by atoms with E-state index in [4.69, 9.17) is 16.1 Å². The predicted molar refractivity (Wildman–Crippen MR) is 108 cm³/mol. The maximum atomic E-state index is 13.0. The average Bonchev–Trinajstić information content (AvgIpc) is 3.41. The summed E-state index contributed by atoms with van der Waals surface area (Å²) in [6.07, 6.45) is 4.09. The van der Waals surface area contributed by atoms with Crippen LogP contribution in [0.4, 0.5) is 10.1 Å². The molecule has 10 heteroatoms. The van der Waals surface area contributed by atoms with Crippen LogP contribution in [0.2, 0.25) is 5.02 Å². The topological polar surface area (TPSA) is 98.7 Å². The predicted octanol–water partition coefficient (Wildman–Crippen LogP) is 4.07. The lowest BCUT2D eigenvalue weighted by Gasteiger charge is -2.12. The molecule has 0 aliphatic heterocycles. The Bertz CT molecular complexity index is 1140. The van der Waals surface area contributed by atoms with E-state index in [0.717, 1.165) is 0 Å². The van der Waals surface area contributed by atoms with Gasteiger partial charge in [-0.15, -0.1) is 0 Å². The van der Waals surface area contributed by atoms with Gasteiger partial charge < -0.3 is 9.84 Å². The van der Waals surface area contributed by atoms with Crippen molar-refractivity contribution in [2.24, 2.45) is 0 Å². The molecule has 0 saturated carbocycles. The van der Waals surface area contributed by atoms with Gasteiger partial charge in [0.15, 0.2) is 0 Å². The monoisotopic (exact) mass is 426 g/mol. The van der Waals surface area contributed by atoms with Crippen molar-refractivity contribution in [3.8, 4) is 17.1 Å². The first-order valence-electron chi connectivity index (χ1n) is 9.12. The molecule has 4 rings (SSSR count). The molecule has 0 unspecified atom stereocenters. The summed E-state index contributed by atoms with van der Waals surface area (Å²) >= 11 is 6.26. The number of amides is 1. The van der Waals surface area contributed by atoms with Crippen molar-refractivity contribution in [1.82, 2.24) is 24.9 Å². The first-order valence-corrected chi connectivity index (χ1v) is 9.50. The van der Waals surface area contributed by atoms with E-state index in [9.17, 15) is 9.18 Å². The van der Waals surface area contributed by atoms with Crippen molar-refractivity contribution in [1.29, 1.82) is 0 Å². The number of anilines is 1. The first kappa shape index (κ1) is 19.7. The number of aromatic nitrogens is 5. The lowest BCUT2D eigenvalue weighted by molar-refractivity contribution is -0.116. The molecule has 0 spiro atoms. The summed E-state index contributed by atoms with van der Waals surface area (Å²) in [4.78, 5) is 20.6. The minimum absolute atomic E-state index is 0.183. The molecule has 2 aromatic carbocycles. The van der Waals surface area contributed by atoms with Crippen LogP contribution in [0.25, 0.3) is 17.1 Å². The molecular formula is C20H16ClFN6O2. The van der Waals surface area contributed by atoms with Gasteiger partial charge in [0.1, 0.15) is 24.2 Å². The highest BCUT2D eigenvalue weighted by molar-refractivity contribution is 6.33. The number of hydrogen-bond acceptors (Lipinski definition) is 6. The number of para-hydroxylation sites is 1. The van der Waals surface area contributed by atoms with E-state index >= 15 is 0 Å². The standard InChI is InChI=1S/C20H16ClFN6O2/c21-15-3-1-4-16(19(15)28-12-23-11-24-28)25-17(29)5-2-6-18-26-20(27-30-18)13-7-9-14(22)10-8-13/h1,3-4,7-12H,2,5-6H2,(H,25,29). The lowest BCUT2D eigenvalue weighted by atomic mass is 10.2. The molecular weight excluding hydrogens is 411 g/mol. The molecule has 2 aromatic heterocycles. The largest absolute Gasteiger partial charge is 0.339 e. The maximum absolute atomic E-state index is 13.0. The van der Waals surface area contributed by atoms with Crippen LogP contribution in [0.1, 0.15) is 18.7 Å². The van der Waals surface area contributed by atoms with Gasteiger partial charge in [0, 0.05) is 18.4 Å². The Morgan fingerprint density at radius 2 is 2.03 bits per heavy atom. The summed E-state index contributed by atoms with van der Waals surface area (Å²) in [6.45, 7) is 0. The normalized spacial score (nSPS) is 10.9. The van der Waals surface area contributed by atoms with Crippen molar-refractivity contribution in [3.05, 3.63) is 71.8 Å². The molecule has 0 radical (unpaired) electrons. The molecule has 1 amide bonds. The number of nitrogens with zero attached hydrogens (tertiary/aromatic N) is 5. The number of benzene rings is 2. The molecule has 8 nitrogen and oxygen atoms in total. The Morgan fingerprint density at radius 3 is 2.80 bits per heavy atom. The van der Waals surface area contributed by atoms with Gasteiger partial charge >= 0.3 is 0 Å². The van der Waals surface area contributed by atoms with Gasteiger partial charge in [-0.25, -0.2) is 14.1 Å². The van der Waals surface area contributed by atoms with Gasteiger partial charge in [0.05, 0.1) is 10.7 Å². The van der Waals surface area contributed by atoms with Gasteiger partial charge in [-0.2, -0.15) is 10.1 Å². The number of hydrogen-bond donors (Lipinski definition) is 1. The molecule has 0 bridgehead atoms.